The first-order valence-electron chi connectivity index (χ1n) is 13.4. The molecule has 2 atom stereocenters. The second-order valence-corrected chi connectivity index (χ2v) is 12.7. The summed E-state index contributed by atoms with van der Waals surface area (Å²) in [5, 5.41) is 3.89. The lowest BCUT2D eigenvalue weighted by molar-refractivity contribution is -0.139. The van der Waals surface area contributed by atoms with E-state index < -0.39 is 28.5 Å². The molecule has 3 aromatic carbocycles. The lowest BCUT2D eigenvalue weighted by atomic mass is 10.1. The second kappa shape index (κ2) is 15.0. The average molecular weight is 655 g/mol. The van der Waals surface area contributed by atoms with Crippen molar-refractivity contribution in [3.05, 3.63) is 87.4 Å². The first kappa shape index (κ1) is 33.5. The van der Waals surface area contributed by atoms with Gasteiger partial charge in [0.25, 0.3) is 10.0 Å². The van der Waals surface area contributed by atoms with Crippen molar-refractivity contribution in [2.45, 2.75) is 57.6 Å². The molecule has 0 bridgehead atoms. The number of carbonyl (C=O) groups is 2. The number of amides is 2. The fraction of sp³-hybridized carbons (Fsp3) is 0.333. The molecule has 226 valence electrons. The highest BCUT2D eigenvalue weighted by atomic mass is 35.5. The molecule has 0 aliphatic carbocycles. The molecular weight excluding hydrogens is 621 g/mol. The summed E-state index contributed by atoms with van der Waals surface area (Å²) in [5.74, 6) is -0.708. The highest BCUT2D eigenvalue weighted by Gasteiger charge is 2.34. The number of benzene rings is 3. The van der Waals surface area contributed by atoms with Gasteiger partial charge in [0.1, 0.15) is 18.3 Å². The minimum atomic E-state index is -4.29. The maximum atomic E-state index is 14.1. The smallest absolute Gasteiger partial charge is 0.264 e. The Labute approximate surface area is 262 Å². The van der Waals surface area contributed by atoms with E-state index in [0.29, 0.717) is 22.0 Å². The number of hydrogen-bond donors (Lipinski definition) is 1. The quantitative estimate of drug-likeness (QED) is 0.225. The van der Waals surface area contributed by atoms with E-state index in [4.69, 9.17) is 39.5 Å². The lowest BCUT2D eigenvalue weighted by Gasteiger charge is -2.33. The van der Waals surface area contributed by atoms with Gasteiger partial charge in [0, 0.05) is 17.6 Å². The van der Waals surface area contributed by atoms with E-state index in [2.05, 4.69) is 5.32 Å². The number of halogens is 3. The predicted molar refractivity (Wildman–Crippen MR) is 168 cm³/mol. The summed E-state index contributed by atoms with van der Waals surface area (Å²) in [4.78, 5) is 28.6. The molecule has 3 rings (SSSR count). The predicted octanol–water partition coefficient (Wildman–Crippen LogP) is 6.57. The van der Waals surface area contributed by atoms with Crippen molar-refractivity contribution in [1.29, 1.82) is 0 Å². The Hall–Kier alpha value is -2.98. The van der Waals surface area contributed by atoms with Crippen molar-refractivity contribution in [1.82, 2.24) is 10.2 Å². The number of carbonyl (C=O) groups excluding carboxylic acids is 2. The first-order chi connectivity index (χ1) is 19.9. The Kier molecular flexibility index (Phi) is 11.9. The van der Waals surface area contributed by atoms with Crippen LogP contribution in [0.2, 0.25) is 15.1 Å². The van der Waals surface area contributed by atoms with Crippen molar-refractivity contribution >= 4 is 62.3 Å². The van der Waals surface area contributed by atoms with Gasteiger partial charge in [0.2, 0.25) is 11.8 Å². The van der Waals surface area contributed by atoms with Gasteiger partial charge in [-0.05, 0) is 81.3 Å². The molecule has 0 aliphatic rings. The Balaban J connectivity index is 2.09. The van der Waals surface area contributed by atoms with E-state index in [-0.39, 0.29) is 46.5 Å². The normalized spacial score (nSPS) is 12.7. The van der Waals surface area contributed by atoms with E-state index in [1.54, 1.807) is 56.3 Å². The molecule has 0 saturated carbocycles. The van der Waals surface area contributed by atoms with Crippen LogP contribution in [0, 0.1) is 0 Å². The summed E-state index contributed by atoms with van der Waals surface area (Å²) in [7, 11) is -4.29. The topological polar surface area (TPSA) is 96.0 Å². The zero-order valence-corrected chi connectivity index (χ0v) is 26.9. The van der Waals surface area contributed by atoms with E-state index in [9.17, 15) is 18.0 Å². The van der Waals surface area contributed by atoms with Gasteiger partial charge >= 0.3 is 0 Å². The summed E-state index contributed by atoms with van der Waals surface area (Å²) < 4.78 is 34.8. The maximum Gasteiger partial charge on any atom is 0.264 e. The molecule has 1 N–H and O–H groups in total. The van der Waals surface area contributed by atoms with Gasteiger partial charge in [-0.3, -0.25) is 13.9 Å². The molecule has 0 fully saturated rings. The zero-order chi connectivity index (χ0) is 31.0. The maximum absolute atomic E-state index is 14.1. The van der Waals surface area contributed by atoms with Crippen LogP contribution in [0.25, 0.3) is 0 Å². The number of hydrogen-bond acceptors (Lipinski definition) is 5. The fourth-order valence-electron chi connectivity index (χ4n) is 4.07. The van der Waals surface area contributed by atoms with Crippen LogP contribution in [0.5, 0.6) is 5.75 Å². The summed E-state index contributed by atoms with van der Waals surface area (Å²) in [5.41, 5.74) is 0.789. The summed E-state index contributed by atoms with van der Waals surface area (Å²) in [6, 6.07) is 16.0. The monoisotopic (exact) mass is 653 g/mol. The molecule has 2 amide bonds. The fourth-order valence-corrected chi connectivity index (χ4v) is 5.94. The molecule has 0 saturated heterocycles. The molecule has 3 aromatic rings. The lowest BCUT2D eigenvalue weighted by Crippen LogP contribution is -2.52. The average Bonchev–Trinajstić information content (AvgIpc) is 2.96. The highest BCUT2D eigenvalue weighted by Crippen LogP contribution is 2.33. The van der Waals surface area contributed by atoms with E-state index >= 15 is 0 Å². The van der Waals surface area contributed by atoms with E-state index in [1.165, 1.54) is 29.2 Å². The summed E-state index contributed by atoms with van der Waals surface area (Å²) in [6.07, 6.45) is 0.695. The number of para-hydroxylation sites is 2. The molecular formula is C30H34Cl3N3O5S. The molecule has 8 nitrogen and oxygen atoms in total. The Morgan fingerprint density at radius 1 is 0.929 bits per heavy atom. The zero-order valence-electron chi connectivity index (χ0n) is 23.8. The van der Waals surface area contributed by atoms with Crippen LogP contribution in [0.1, 0.15) is 39.7 Å². The van der Waals surface area contributed by atoms with E-state index in [0.717, 1.165) is 4.31 Å². The molecule has 0 radical (unpaired) electrons. The van der Waals surface area contributed by atoms with E-state index in [1.807, 2.05) is 13.8 Å². The van der Waals surface area contributed by atoms with Crippen LogP contribution in [0.3, 0.4) is 0 Å². The van der Waals surface area contributed by atoms with Gasteiger partial charge in [-0.1, -0.05) is 59.9 Å². The van der Waals surface area contributed by atoms with Crippen LogP contribution in [0.15, 0.2) is 71.6 Å². The van der Waals surface area contributed by atoms with Gasteiger partial charge in [0.05, 0.1) is 27.2 Å². The molecule has 0 spiro atoms. The number of anilines is 1. The molecule has 0 heterocycles. The van der Waals surface area contributed by atoms with Gasteiger partial charge in [-0.25, -0.2) is 8.42 Å². The van der Waals surface area contributed by atoms with Gasteiger partial charge in [0.15, 0.2) is 0 Å². The number of rotatable bonds is 13. The molecule has 0 unspecified atom stereocenters. The molecule has 42 heavy (non-hydrogen) atoms. The van der Waals surface area contributed by atoms with Crippen molar-refractivity contribution in [2.75, 3.05) is 17.5 Å². The van der Waals surface area contributed by atoms with Crippen LogP contribution >= 0.6 is 34.8 Å². The van der Waals surface area contributed by atoms with Crippen molar-refractivity contribution < 1.29 is 22.7 Å². The number of nitrogens with zero attached hydrogens (tertiary/aromatic N) is 2. The van der Waals surface area contributed by atoms with Crippen LogP contribution < -0.4 is 14.4 Å². The molecule has 0 aromatic heterocycles. The SMILES string of the molecule is CCOc1ccccc1N(CC(=O)N(Cc1ccc(Cl)c(Cl)c1)[C@H](C)C(=O)N[C@@H](C)CC)S(=O)(=O)c1ccc(Cl)cc1. The largest absolute Gasteiger partial charge is 0.492 e. The van der Waals surface area contributed by atoms with Gasteiger partial charge < -0.3 is 15.0 Å². The third-order valence-corrected chi connectivity index (χ3v) is 9.38. The number of sulfonamides is 1. The highest BCUT2D eigenvalue weighted by molar-refractivity contribution is 7.92. The van der Waals surface area contributed by atoms with Crippen molar-refractivity contribution in [3.8, 4) is 5.75 Å². The minimum Gasteiger partial charge on any atom is -0.492 e. The summed E-state index contributed by atoms with van der Waals surface area (Å²) >= 11 is 18.3. The number of nitrogens with one attached hydrogen (secondary N) is 1. The Bertz CT molecular complexity index is 1500. The second-order valence-electron chi connectivity index (χ2n) is 9.63. The van der Waals surface area contributed by atoms with Gasteiger partial charge in [-0.15, -0.1) is 0 Å². The summed E-state index contributed by atoms with van der Waals surface area (Å²) in [6.45, 7) is 6.81. The third-order valence-electron chi connectivity index (χ3n) is 6.62. The van der Waals surface area contributed by atoms with Crippen molar-refractivity contribution in [3.63, 3.8) is 0 Å². The van der Waals surface area contributed by atoms with Crippen molar-refractivity contribution in [2.24, 2.45) is 0 Å². The van der Waals surface area contributed by atoms with Crippen LogP contribution in [-0.2, 0) is 26.2 Å². The van der Waals surface area contributed by atoms with Crippen LogP contribution in [0.4, 0.5) is 5.69 Å². The minimum absolute atomic E-state index is 0.0211. The van der Waals surface area contributed by atoms with Gasteiger partial charge in [-0.2, -0.15) is 0 Å². The Morgan fingerprint density at radius 2 is 1.60 bits per heavy atom. The number of ether oxygens (including phenoxy) is 1. The standard InChI is InChI=1S/C30H34Cl3N3O5S/c1-5-20(3)34-30(38)21(4)35(18-22-11-16-25(32)26(33)17-22)29(37)19-36(27-9-7-8-10-28(27)41-6-2)42(39,40)24-14-12-23(31)13-15-24/h7-17,20-21H,5-6,18-19H2,1-4H3,(H,34,38)/t20-,21+/m0/s1. The Morgan fingerprint density at radius 3 is 2.21 bits per heavy atom. The molecule has 12 heteroatoms. The molecule has 0 aliphatic heterocycles. The van der Waals surface area contributed by atoms with Crippen LogP contribution in [-0.4, -0.2) is 50.4 Å². The first-order valence-corrected chi connectivity index (χ1v) is 16.0. The third kappa shape index (κ3) is 8.31.